The average Bonchev–Trinajstić information content (AvgIpc) is 3.26. The van der Waals surface area contributed by atoms with Crippen LogP contribution in [-0.2, 0) is 0 Å². The van der Waals surface area contributed by atoms with E-state index in [1.807, 2.05) is 47.8 Å². The van der Waals surface area contributed by atoms with Gasteiger partial charge in [-0.3, -0.25) is 4.79 Å². The highest BCUT2D eigenvalue weighted by Crippen LogP contribution is 2.26. The molecule has 0 spiro atoms. The van der Waals surface area contributed by atoms with Gasteiger partial charge in [0.1, 0.15) is 0 Å². The van der Waals surface area contributed by atoms with Gasteiger partial charge in [-0.2, -0.15) is 5.10 Å². The highest BCUT2D eigenvalue weighted by Gasteiger charge is 2.13. The van der Waals surface area contributed by atoms with Crippen molar-refractivity contribution in [2.45, 2.75) is 19.8 Å². The molecule has 0 atom stereocenters. The first-order valence-electron chi connectivity index (χ1n) is 9.49. The second kappa shape index (κ2) is 8.37. The molecule has 0 aliphatic heterocycles. The van der Waals surface area contributed by atoms with Gasteiger partial charge >= 0.3 is 0 Å². The molecule has 0 radical (unpaired) electrons. The first-order valence-corrected chi connectivity index (χ1v) is 10.4. The monoisotopic (exact) mass is 399 g/mol. The van der Waals surface area contributed by atoms with E-state index < -0.39 is 0 Å². The highest BCUT2D eigenvalue weighted by molar-refractivity contribution is 7.11. The molecule has 2 aromatic carbocycles. The topological polar surface area (TPSA) is 54.4 Å². The van der Waals surface area contributed by atoms with Gasteiger partial charge in [0.2, 0.25) is 0 Å². The van der Waals surface area contributed by atoms with Crippen LogP contribution in [0.25, 0.3) is 22.2 Å². The number of aromatic nitrogens is 1. The highest BCUT2D eigenvalue weighted by atomic mass is 32.1. The van der Waals surface area contributed by atoms with Crippen molar-refractivity contribution in [2.75, 3.05) is 0 Å². The summed E-state index contributed by atoms with van der Waals surface area (Å²) in [5, 5.41) is 6.87. The van der Waals surface area contributed by atoms with Crippen LogP contribution in [0.1, 0.15) is 40.6 Å². The van der Waals surface area contributed by atoms with E-state index in [4.69, 9.17) is 4.98 Å². The number of rotatable bonds is 5. The summed E-state index contributed by atoms with van der Waals surface area (Å²) >= 11 is 1.57. The van der Waals surface area contributed by atoms with Gasteiger partial charge in [-0.25, -0.2) is 10.4 Å². The Kier molecular flexibility index (Phi) is 5.49. The van der Waals surface area contributed by atoms with Crippen LogP contribution in [-0.4, -0.2) is 17.1 Å². The van der Waals surface area contributed by atoms with Gasteiger partial charge < -0.3 is 0 Å². The number of nitrogens with one attached hydrogen (secondary N) is 1. The third-order valence-corrected chi connectivity index (χ3v) is 5.54. The maximum atomic E-state index is 12.9. The predicted molar refractivity (Wildman–Crippen MR) is 121 cm³/mol. The fourth-order valence-electron chi connectivity index (χ4n) is 3.13. The van der Waals surface area contributed by atoms with E-state index in [1.165, 1.54) is 5.56 Å². The lowest BCUT2D eigenvalue weighted by molar-refractivity contribution is 0.0957. The molecule has 0 saturated carbocycles. The summed E-state index contributed by atoms with van der Waals surface area (Å²) in [6, 6.07) is 21.7. The smallest absolute Gasteiger partial charge is 0.267 e. The SMILES string of the molecule is CC(C)c1ccc(-c2cc(C(=O)NN=Cc3cccs3)c3ccccc3n2)cc1. The molecule has 0 unspecified atom stereocenters. The molecule has 2 aromatic heterocycles. The molecule has 2 heterocycles. The molecule has 29 heavy (non-hydrogen) atoms. The summed E-state index contributed by atoms with van der Waals surface area (Å²) in [5.41, 5.74) is 7.01. The largest absolute Gasteiger partial charge is 0.272 e. The van der Waals surface area contributed by atoms with Crippen LogP contribution in [0, 0.1) is 0 Å². The molecule has 5 heteroatoms. The van der Waals surface area contributed by atoms with Crippen molar-refractivity contribution < 1.29 is 4.79 Å². The van der Waals surface area contributed by atoms with E-state index in [0.29, 0.717) is 11.5 Å². The van der Waals surface area contributed by atoms with Crippen molar-refractivity contribution in [3.05, 3.63) is 88.1 Å². The number of para-hydroxylation sites is 1. The fraction of sp³-hybridized carbons (Fsp3) is 0.125. The van der Waals surface area contributed by atoms with E-state index in [-0.39, 0.29) is 5.91 Å². The zero-order chi connectivity index (χ0) is 20.2. The predicted octanol–water partition coefficient (Wildman–Crippen LogP) is 5.85. The Morgan fingerprint density at radius 3 is 2.59 bits per heavy atom. The summed E-state index contributed by atoms with van der Waals surface area (Å²) in [5.74, 6) is 0.215. The molecule has 0 fully saturated rings. The van der Waals surface area contributed by atoms with Gasteiger partial charge in [-0.1, -0.05) is 62.4 Å². The second-order valence-corrected chi connectivity index (χ2v) is 8.04. The number of thiophene rings is 1. The molecule has 0 aliphatic rings. The zero-order valence-corrected chi connectivity index (χ0v) is 17.1. The van der Waals surface area contributed by atoms with Crippen molar-refractivity contribution in [1.29, 1.82) is 0 Å². The van der Waals surface area contributed by atoms with Gasteiger partial charge in [-0.05, 0) is 35.1 Å². The molecule has 4 rings (SSSR count). The Morgan fingerprint density at radius 1 is 1.07 bits per heavy atom. The number of carbonyl (C=O) groups is 1. The summed E-state index contributed by atoms with van der Waals surface area (Å²) in [6.07, 6.45) is 1.65. The van der Waals surface area contributed by atoms with Gasteiger partial charge in [0.05, 0.1) is 23.0 Å². The van der Waals surface area contributed by atoms with E-state index in [0.717, 1.165) is 27.0 Å². The van der Waals surface area contributed by atoms with Crippen LogP contribution in [0.3, 0.4) is 0 Å². The standard InChI is InChI=1S/C24H21N3OS/c1-16(2)17-9-11-18(12-10-17)23-14-21(20-7-3-4-8-22(20)26-23)24(28)27-25-15-19-6-5-13-29-19/h3-16H,1-2H3,(H,27,28). The Hall–Kier alpha value is -3.31. The number of pyridine rings is 1. The summed E-state index contributed by atoms with van der Waals surface area (Å²) < 4.78 is 0. The van der Waals surface area contributed by atoms with Crippen LogP contribution in [0.5, 0.6) is 0 Å². The second-order valence-electron chi connectivity index (χ2n) is 7.06. The number of fused-ring (bicyclic) bond motifs is 1. The summed E-state index contributed by atoms with van der Waals surface area (Å²) in [6.45, 7) is 4.34. The summed E-state index contributed by atoms with van der Waals surface area (Å²) in [4.78, 5) is 18.6. The van der Waals surface area contributed by atoms with Gasteiger partial charge in [-0.15, -0.1) is 11.3 Å². The van der Waals surface area contributed by atoms with E-state index in [1.54, 1.807) is 17.6 Å². The lowest BCUT2D eigenvalue weighted by Crippen LogP contribution is -2.18. The number of carbonyl (C=O) groups excluding carboxylic acids is 1. The van der Waals surface area contributed by atoms with Crippen LogP contribution in [0.15, 0.2) is 77.2 Å². The maximum Gasteiger partial charge on any atom is 0.272 e. The number of nitrogens with zero attached hydrogens (tertiary/aromatic N) is 2. The van der Waals surface area contributed by atoms with Crippen molar-refractivity contribution in [2.24, 2.45) is 5.10 Å². The van der Waals surface area contributed by atoms with Crippen molar-refractivity contribution in [3.63, 3.8) is 0 Å². The molecule has 1 N–H and O–H groups in total. The van der Waals surface area contributed by atoms with E-state index in [9.17, 15) is 4.79 Å². The Labute approximate surface area is 173 Å². The van der Waals surface area contributed by atoms with Gasteiger partial charge in [0, 0.05) is 15.8 Å². The lowest BCUT2D eigenvalue weighted by Gasteiger charge is -2.10. The lowest BCUT2D eigenvalue weighted by atomic mass is 9.99. The van der Waals surface area contributed by atoms with Gasteiger partial charge in [0.25, 0.3) is 5.91 Å². The Balaban J connectivity index is 1.69. The van der Waals surface area contributed by atoms with Crippen LogP contribution in [0.2, 0.25) is 0 Å². The Bertz CT molecular complexity index is 1160. The third kappa shape index (κ3) is 4.25. The minimum atomic E-state index is -0.253. The molecular formula is C24H21N3OS. The Morgan fingerprint density at radius 2 is 1.86 bits per heavy atom. The van der Waals surface area contributed by atoms with Crippen LogP contribution >= 0.6 is 11.3 Å². The number of hydrazone groups is 1. The van der Waals surface area contributed by atoms with Crippen molar-refractivity contribution >= 4 is 34.4 Å². The summed E-state index contributed by atoms with van der Waals surface area (Å²) in [7, 11) is 0. The van der Waals surface area contributed by atoms with E-state index in [2.05, 4.69) is 48.6 Å². The van der Waals surface area contributed by atoms with Crippen molar-refractivity contribution in [1.82, 2.24) is 10.4 Å². The third-order valence-electron chi connectivity index (χ3n) is 4.73. The first-order chi connectivity index (χ1) is 14.1. The van der Waals surface area contributed by atoms with Crippen molar-refractivity contribution in [3.8, 4) is 11.3 Å². The quantitative estimate of drug-likeness (QED) is 0.338. The zero-order valence-electron chi connectivity index (χ0n) is 16.3. The van der Waals surface area contributed by atoms with Crippen LogP contribution in [0.4, 0.5) is 0 Å². The first kappa shape index (κ1) is 19.0. The molecule has 144 valence electrons. The molecule has 0 bridgehead atoms. The molecule has 1 amide bonds. The molecule has 4 aromatic rings. The molecule has 0 aliphatic carbocycles. The fourth-order valence-corrected chi connectivity index (χ4v) is 3.71. The minimum absolute atomic E-state index is 0.253. The molecule has 0 saturated heterocycles. The number of hydrogen-bond acceptors (Lipinski definition) is 4. The number of hydrogen-bond donors (Lipinski definition) is 1. The molecular weight excluding hydrogens is 378 g/mol. The minimum Gasteiger partial charge on any atom is -0.267 e. The molecule has 4 nitrogen and oxygen atoms in total. The number of benzene rings is 2. The van der Waals surface area contributed by atoms with Gasteiger partial charge in [0.15, 0.2) is 0 Å². The average molecular weight is 400 g/mol. The normalized spacial score (nSPS) is 11.4. The van der Waals surface area contributed by atoms with Crippen LogP contribution < -0.4 is 5.43 Å². The van der Waals surface area contributed by atoms with E-state index >= 15 is 0 Å². The maximum absolute atomic E-state index is 12.9. The number of amides is 1.